The second-order valence-electron chi connectivity index (χ2n) is 23.8. The van der Waals surface area contributed by atoms with Crippen molar-refractivity contribution in [2.45, 2.75) is 157 Å². The molecule has 0 N–H and O–H groups in total. The Balaban J connectivity index is 1.14. The zero-order valence-corrected chi connectivity index (χ0v) is 56.4. The Morgan fingerprint density at radius 2 is 0.888 bits per heavy atom. The number of carbonyl (C=O) groups excluding carboxylic acids is 2. The largest absolute Gasteiger partial charge is 0.289 e. The van der Waals surface area contributed by atoms with Crippen LogP contribution in [0.15, 0.2) is 120 Å². The van der Waals surface area contributed by atoms with Crippen LogP contribution < -0.4 is 0 Å². The van der Waals surface area contributed by atoms with Gasteiger partial charge in [0.2, 0.25) is 0 Å². The summed E-state index contributed by atoms with van der Waals surface area (Å²) in [7, 11) is 0. The predicted octanol–water partition coefficient (Wildman–Crippen LogP) is 24.6. The zero-order valence-electron chi connectivity index (χ0n) is 51.5. The number of rotatable bonds is 26. The van der Waals surface area contributed by atoms with Gasteiger partial charge in [-0.3, -0.25) is 9.59 Å². The van der Waals surface area contributed by atoms with Crippen LogP contribution in [0.4, 0.5) is 0 Å². The van der Waals surface area contributed by atoms with Crippen molar-refractivity contribution < 1.29 is 9.59 Å². The molecule has 6 heterocycles. The van der Waals surface area contributed by atoms with E-state index >= 15 is 0 Å². The molecular formula is C77H72N4O2S6. The van der Waals surface area contributed by atoms with Crippen molar-refractivity contribution in [3.63, 3.8) is 0 Å². The number of fused-ring (bicyclic) bond motifs is 4. The van der Waals surface area contributed by atoms with Gasteiger partial charge >= 0.3 is 0 Å². The van der Waals surface area contributed by atoms with E-state index in [1.54, 1.807) is 34.8 Å². The fourth-order valence-electron chi connectivity index (χ4n) is 12.6. The topological polar surface area (TPSA) is 90.4 Å². The van der Waals surface area contributed by atoms with Crippen LogP contribution in [0.25, 0.3) is 93.6 Å². The number of hydrogen-bond acceptors (Lipinski definition) is 10. The molecule has 0 spiro atoms. The summed E-state index contributed by atoms with van der Waals surface area (Å²) >= 11 is 11.0. The molecule has 2 aliphatic carbocycles. The first kappa shape index (κ1) is 63.2. The lowest BCUT2D eigenvalue weighted by molar-refractivity contribution is 0.103. The second-order valence-corrected chi connectivity index (χ2v) is 30.4. The molecule has 0 fully saturated rings. The number of nitriles is 2. The van der Waals surface area contributed by atoms with Gasteiger partial charge in [-0.1, -0.05) is 154 Å². The zero-order chi connectivity index (χ0) is 62.1. The van der Waals surface area contributed by atoms with E-state index in [-0.39, 0.29) is 23.0 Å². The molecule has 2 aliphatic rings. The molecule has 0 unspecified atom stereocenters. The lowest BCUT2D eigenvalue weighted by atomic mass is 9.99. The molecule has 0 aliphatic heterocycles. The lowest BCUT2D eigenvalue weighted by Gasteiger charge is -2.09. The van der Waals surface area contributed by atoms with Gasteiger partial charge in [-0.2, -0.15) is 0 Å². The Morgan fingerprint density at radius 1 is 0.483 bits per heavy atom. The minimum atomic E-state index is -0.163. The third kappa shape index (κ3) is 13.3. The van der Waals surface area contributed by atoms with E-state index in [2.05, 4.69) is 105 Å². The first-order valence-electron chi connectivity index (χ1n) is 31.7. The molecule has 11 rings (SSSR count). The maximum atomic E-state index is 14.3. The number of benzene rings is 3. The summed E-state index contributed by atoms with van der Waals surface area (Å²) in [6.45, 7) is 27.4. The van der Waals surface area contributed by atoms with Crippen LogP contribution in [-0.2, 0) is 25.7 Å². The summed E-state index contributed by atoms with van der Waals surface area (Å²) in [6.07, 6.45) is 25.0. The maximum absolute atomic E-state index is 14.3. The van der Waals surface area contributed by atoms with E-state index in [1.165, 1.54) is 114 Å². The highest BCUT2D eigenvalue weighted by Crippen LogP contribution is 2.56. The number of nitrogens with zero attached hydrogens (tertiary/aromatic N) is 4. The third-order valence-corrected chi connectivity index (χ3v) is 24.3. The molecule has 448 valence electrons. The Morgan fingerprint density at radius 3 is 1.28 bits per heavy atom. The molecule has 6 nitrogen and oxygen atoms in total. The van der Waals surface area contributed by atoms with Crippen LogP contribution in [0.2, 0.25) is 0 Å². The molecule has 0 bridgehead atoms. The molecular weight excluding hydrogens is 1210 g/mol. The molecule has 12 heteroatoms. The molecule has 0 atom stereocenters. The summed E-state index contributed by atoms with van der Waals surface area (Å²) in [5, 5.41) is 23.0. The fourth-order valence-corrected chi connectivity index (χ4v) is 20.0. The average molecular weight is 1280 g/mol. The standard InChI is InChI=1S/C77H72N4O2S6/c1-8-11-14-17-27-48-39-52(41-58-68(62(45-78)80-6)54-31-22-24-33-56(54)72(58)82)86-74(48)66-43-60-70(64-37-35-50(84-64)29-19-16-13-10-3)76-61(71(77(60)89-66)65-38-36-51(85-65)30-21-20-26-47(4)5)44-67(88-76)75-49(28-18-15-12-9-2)40-53(87-75)42-59-69(63(46-79)81-7)55-32-23-25-34-57(55)73(59)83/h22-25,31-44,47H,8-21,26-30H2,1-5H3/b58-41?,59-42?,68-62+,69-63-. The van der Waals surface area contributed by atoms with E-state index < -0.39 is 0 Å². The lowest BCUT2D eigenvalue weighted by Crippen LogP contribution is -1.95. The summed E-state index contributed by atoms with van der Waals surface area (Å²) in [5.74, 6) is 0.347. The average Bonchev–Trinajstić information content (AvgIpc) is 1.61. The van der Waals surface area contributed by atoms with Gasteiger partial charge < -0.3 is 0 Å². The molecule has 3 aromatic carbocycles. The van der Waals surface area contributed by atoms with Gasteiger partial charge in [0.05, 0.1) is 25.3 Å². The number of ketones is 2. The van der Waals surface area contributed by atoms with Gasteiger partial charge in [0.15, 0.2) is 11.6 Å². The van der Waals surface area contributed by atoms with Crippen molar-refractivity contribution in [1.82, 2.24) is 0 Å². The summed E-state index contributed by atoms with van der Waals surface area (Å²) in [4.78, 5) is 47.9. The number of aryl methyl sites for hydroxylation is 4. The molecule has 0 saturated carbocycles. The van der Waals surface area contributed by atoms with Gasteiger partial charge in [0.1, 0.15) is 0 Å². The highest BCUT2D eigenvalue weighted by molar-refractivity contribution is 7.29. The van der Waals surface area contributed by atoms with E-state index in [9.17, 15) is 20.1 Å². The maximum Gasteiger partial charge on any atom is 0.270 e. The van der Waals surface area contributed by atoms with Gasteiger partial charge in [0, 0.05) is 113 Å². The smallest absolute Gasteiger partial charge is 0.270 e. The van der Waals surface area contributed by atoms with Gasteiger partial charge in [-0.05, 0) is 140 Å². The number of unbranched alkanes of at least 4 members (excludes halogenated alkanes) is 10. The Labute approximate surface area is 549 Å². The van der Waals surface area contributed by atoms with Crippen molar-refractivity contribution in [2.24, 2.45) is 5.92 Å². The third-order valence-electron chi connectivity index (χ3n) is 17.1. The first-order valence-corrected chi connectivity index (χ1v) is 36.6. The molecule has 0 radical (unpaired) electrons. The van der Waals surface area contributed by atoms with Gasteiger partial charge in [0.25, 0.3) is 11.4 Å². The molecule has 0 amide bonds. The SMILES string of the molecule is [C-]#[N+]/C(C#N)=C1\C(=Cc2cc(CCCCCC)c(-c3cc4c(-c5ccc(CCCCC(C)C)s5)c5sc(-c6sc(C=C7C(=O)c8ccccc8/C7=C(/C#N)[N+]#[C-])cc6CCCCCC)cc5c(-c5ccc(CCCCCC)s5)c4s3)s2)C(=O)c2ccccc21. The summed E-state index contributed by atoms with van der Waals surface area (Å²) in [5.41, 5.74) is 8.81. The highest BCUT2D eigenvalue weighted by Gasteiger charge is 2.35. The monoisotopic (exact) mass is 1280 g/mol. The number of carbonyl (C=O) groups is 2. The Bertz CT molecular complexity index is 4220. The van der Waals surface area contributed by atoms with Crippen molar-refractivity contribution in [1.29, 1.82) is 10.5 Å². The van der Waals surface area contributed by atoms with Crippen LogP contribution in [-0.4, -0.2) is 11.6 Å². The molecule has 89 heavy (non-hydrogen) atoms. The number of thiophene rings is 6. The number of allylic oxidation sites excluding steroid dienone is 6. The van der Waals surface area contributed by atoms with E-state index in [0.717, 1.165) is 99.6 Å². The van der Waals surface area contributed by atoms with E-state index in [4.69, 9.17) is 13.1 Å². The Kier molecular flexibility index (Phi) is 20.6. The quantitative estimate of drug-likeness (QED) is 0.0234. The van der Waals surface area contributed by atoms with Crippen LogP contribution in [0.5, 0.6) is 0 Å². The van der Waals surface area contributed by atoms with Crippen LogP contribution in [0.3, 0.4) is 0 Å². The predicted molar refractivity (Wildman–Crippen MR) is 382 cm³/mol. The van der Waals surface area contributed by atoms with Crippen molar-refractivity contribution in [3.8, 4) is 52.5 Å². The van der Waals surface area contributed by atoms with Crippen molar-refractivity contribution >= 4 is 123 Å². The van der Waals surface area contributed by atoms with Gasteiger partial charge in [-0.15, -0.1) is 68.0 Å². The number of Topliss-reactive ketones (excluding diaryl/α,β-unsaturated/α-hetero) is 2. The van der Waals surface area contributed by atoms with Crippen molar-refractivity contribution in [3.05, 3.63) is 195 Å². The minimum Gasteiger partial charge on any atom is -0.289 e. The van der Waals surface area contributed by atoms with Gasteiger partial charge in [-0.25, -0.2) is 20.2 Å². The van der Waals surface area contributed by atoms with Crippen molar-refractivity contribution in [2.75, 3.05) is 0 Å². The van der Waals surface area contributed by atoms with Crippen LogP contribution in [0.1, 0.15) is 193 Å². The summed E-state index contributed by atoms with van der Waals surface area (Å²) in [6, 6.07) is 37.9. The Hall–Kier alpha value is -7.36. The normalized spacial score (nSPS) is 14.9. The fraction of sp³-hybridized carbons (Fsp3) is 0.325. The molecule has 9 aromatic rings. The molecule has 6 aromatic heterocycles. The second kappa shape index (κ2) is 29.1. The first-order chi connectivity index (χ1) is 43.5. The van der Waals surface area contributed by atoms with Crippen LogP contribution >= 0.6 is 68.0 Å². The molecule has 0 saturated heterocycles. The van der Waals surface area contributed by atoms with Crippen LogP contribution in [0, 0.1) is 41.7 Å². The van der Waals surface area contributed by atoms with E-state index in [0.29, 0.717) is 50.5 Å². The number of hydrogen-bond donors (Lipinski definition) is 0. The minimum absolute atomic E-state index is 0.0743. The highest BCUT2D eigenvalue weighted by atomic mass is 32.1. The van der Waals surface area contributed by atoms with E-state index in [1.807, 2.05) is 93.9 Å². The summed E-state index contributed by atoms with van der Waals surface area (Å²) < 4.78 is 2.52.